The lowest BCUT2D eigenvalue weighted by Gasteiger charge is -2.30. The molecule has 0 saturated heterocycles. The summed E-state index contributed by atoms with van der Waals surface area (Å²) in [4.78, 5) is 8.64. The predicted molar refractivity (Wildman–Crippen MR) is 108 cm³/mol. The molecule has 2 rings (SSSR count). The molecule has 1 aliphatic carbocycles. The van der Waals surface area contributed by atoms with E-state index in [0.717, 1.165) is 43.0 Å². The fourth-order valence-electron chi connectivity index (χ4n) is 3.15. The average molecular weight is 381 g/mol. The van der Waals surface area contributed by atoms with Crippen LogP contribution in [0.15, 0.2) is 23.3 Å². The van der Waals surface area contributed by atoms with Gasteiger partial charge in [0.15, 0.2) is 5.96 Å². The van der Waals surface area contributed by atoms with Crippen molar-refractivity contribution in [2.45, 2.75) is 70.4 Å². The van der Waals surface area contributed by atoms with Crippen molar-refractivity contribution in [1.29, 1.82) is 0 Å². The molecule has 0 spiro atoms. The first-order chi connectivity index (χ1) is 12.5. The Balaban J connectivity index is 1.83. The highest BCUT2D eigenvalue weighted by Gasteiger charge is 2.25. The second-order valence-corrected chi connectivity index (χ2v) is 8.90. The highest BCUT2D eigenvalue weighted by atomic mass is 32.2. The van der Waals surface area contributed by atoms with E-state index in [9.17, 15) is 4.21 Å². The van der Waals surface area contributed by atoms with Crippen LogP contribution in [0.1, 0.15) is 52.0 Å². The van der Waals surface area contributed by atoms with E-state index in [1.165, 1.54) is 0 Å². The van der Waals surface area contributed by atoms with E-state index in [2.05, 4.69) is 20.6 Å². The van der Waals surface area contributed by atoms with Crippen LogP contribution in [0.5, 0.6) is 5.88 Å². The maximum absolute atomic E-state index is 12.1. The summed E-state index contributed by atoms with van der Waals surface area (Å²) in [5.41, 5.74) is 1.07. The van der Waals surface area contributed by atoms with E-state index in [1.807, 2.05) is 39.1 Å². The molecule has 1 saturated carbocycles. The van der Waals surface area contributed by atoms with E-state index < -0.39 is 10.8 Å². The number of nitrogens with one attached hydrogen (secondary N) is 2. The minimum Gasteiger partial charge on any atom is -0.475 e. The molecule has 0 radical (unpaired) electrons. The van der Waals surface area contributed by atoms with Crippen LogP contribution in [0.25, 0.3) is 0 Å². The van der Waals surface area contributed by atoms with Crippen molar-refractivity contribution in [3.8, 4) is 5.88 Å². The zero-order chi connectivity index (χ0) is 18.9. The lowest BCUT2D eigenvalue weighted by atomic mass is 9.95. The van der Waals surface area contributed by atoms with Gasteiger partial charge >= 0.3 is 0 Å². The quantitative estimate of drug-likeness (QED) is 0.562. The van der Waals surface area contributed by atoms with Gasteiger partial charge in [-0.15, -0.1) is 0 Å². The number of rotatable bonds is 7. The van der Waals surface area contributed by atoms with Crippen LogP contribution in [-0.2, 0) is 17.3 Å². The van der Waals surface area contributed by atoms with Gasteiger partial charge < -0.3 is 15.4 Å². The third-order valence-corrected chi connectivity index (χ3v) is 6.20. The van der Waals surface area contributed by atoms with Gasteiger partial charge in [-0.1, -0.05) is 19.4 Å². The number of ether oxygens (including phenoxy) is 1. The molecule has 0 amide bonds. The number of hydrogen-bond acceptors (Lipinski definition) is 4. The van der Waals surface area contributed by atoms with Gasteiger partial charge in [-0.25, -0.2) is 4.98 Å². The van der Waals surface area contributed by atoms with Crippen LogP contribution in [0.2, 0.25) is 0 Å². The monoisotopic (exact) mass is 380 g/mol. The fourth-order valence-corrected chi connectivity index (χ4v) is 4.50. The topological polar surface area (TPSA) is 75.6 Å². The Morgan fingerprint density at radius 3 is 2.85 bits per heavy atom. The number of nitrogens with zero attached hydrogens (tertiary/aromatic N) is 2. The Bertz CT molecular complexity index is 604. The predicted octanol–water partition coefficient (Wildman–Crippen LogP) is 2.61. The molecule has 2 N–H and O–H groups in total. The SMILES string of the molecule is CCS(=O)C1CCCC(NC(=NC)NCc2ccc(OC(C)C)nc2)C1. The molecule has 1 aromatic heterocycles. The molecule has 0 aromatic carbocycles. The fraction of sp³-hybridized carbons (Fsp3) is 0.684. The third-order valence-electron chi connectivity index (χ3n) is 4.46. The van der Waals surface area contributed by atoms with Crippen molar-refractivity contribution in [1.82, 2.24) is 15.6 Å². The Morgan fingerprint density at radius 1 is 1.42 bits per heavy atom. The van der Waals surface area contributed by atoms with Crippen LogP contribution in [-0.4, -0.2) is 45.3 Å². The van der Waals surface area contributed by atoms with Crippen LogP contribution in [0.3, 0.4) is 0 Å². The molecular formula is C19H32N4O2S. The first-order valence-corrected chi connectivity index (χ1v) is 10.9. The Hall–Kier alpha value is -1.63. The summed E-state index contributed by atoms with van der Waals surface area (Å²) in [6, 6.07) is 4.22. The first kappa shape index (κ1) is 20.7. The molecule has 0 bridgehead atoms. The van der Waals surface area contributed by atoms with Gasteiger partial charge in [0, 0.05) is 53.7 Å². The van der Waals surface area contributed by atoms with Gasteiger partial charge in [0.05, 0.1) is 6.10 Å². The van der Waals surface area contributed by atoms with E-state index in [4.69, 9.17) is 4.74 Å². The number of hydrogen-bond donors (Lipinski definition) is 2. The normalized spacial score (nSPS) is 22.1. The molecule has 0 aliphatic heterocycles. The molecule has 1 heterocycles. The van der Waals surface area contributed by atoms with Crippen LogP contribution in [0.4, 0.5) is 0 Å². The van der Waals surface area contributed by atoms with E-state index in [1.54, 1.807) is 7.05 Å². The highest BCUT2D eigenvalue weighted by Crippen LogP contribution is 2.23. The summed E-state index contributed by atoms with van der Waals surface area (Å²) in [5.74, 6) is 2.16. The molecule has 1 aliphatic rings. The van der Waals surface area contributed by atoms with Gasteiger partial charge in [0.25, 0.3) is 0 Å². The van der Waals surface area contributed by atoms with Crippen molar-refractivity contribution in [3.63, 3.8) is 0 Å². The third kappa shape index (κ3) is 6.59. The minimum absolute atomic E-state index is 0.121. The van der Waals surface area contributed by atoms with Gasteiger partial charge in [0.2, 0.25) is 5.88 Å². The molecular weight excluding hydrogens is 348 g/mol. The molecule has 3 unspecified atom stereocenters. The zero-order valence-corrected chi connectivity index (χ0v) is 17.1. The zero-order valence-electron chi connectivity index (χ0n) is 16.3. The molecule has 7 heteroatoms. The van der Waals surface area contributed by atoms with Crippen molar-refractivity contribution in [3.05, 3.63) is 23.9 Å². The number of guanidine groups is 1. The van der Waals surface area contributed by atoms with Gasteiger partial charge in [-0.05, 0) is 38.7 Å². The average Bonchev–Trinajstić information content (AvgIpc) is 2.65. The van der Waals surface area contributed by atoms with Gasteiger partial charge in [-0.2, -0.15) is 0 Å². The summed E-state index contributed by atoms with van der Waals surface area (Å²) in [5, 5.41) is 7.12. The van der Waals surface area contributed by atoms with Crippen LogP contribution in [0, 0.1) is 0 Å². The van der Waals surface area contributed by atoms with Crippen molar-refractivity contribution < 1.29 is 8.95 Å². The molecule has 26 heavy (non-hydrogen) atoms. The second-order valence-electron chi connectivity index (χ2n) is 6.90. The largest absolute Gasteiger partial charge is 0.475 e. The number of aromatic nitrogens is 1. The van der Waals surface area contributed by atoms with Gasteiger partial charge in [0.1, 0.15) is 0 Å². The molecule has 146 valence electrons. The maximum Gasteiger partial charge on any atom is 0.213 e. The van der Waals surface area contributed by atoms with Crippen LogP contribution >= 0.6 is 0 Å². The maximum atomic E-state index is 12.1. The summed E-state index contributed by atoms with van der Waals surface area (Å²) in [6.07, 6.45) is 6.17. The molecule has 6 nitrogen and oxygen atoms in total. The van der Waals surface area contributed by atoms with E-state index in [0.29, 0.717) is 23.7 Å². The lowest BCUT2D eigenvalue weighted by Crippen LogP contribution is -2.46. The molecule has 1 fully saturated rings. The molecule has 3 atom stereocenters. The van der Waals surface area contributed by atoms with E-state index in [-0.39, 0.29) is 6.10 Å². The number of aliphatic imine (C=N–C) groups is 1. The summed E-state index contributed by atoms with van der Waals surface area (Å²) in [7, 11) is 1.06. The Morgan fingerprint density at radius 2 is 2.23 bits per heavy atom. The second kappa shape index (κ2) is 10.5. The van der Waals surface area contributed by atoms with Crippen molar-refractivity contribution >= 4 is 16.8 Å². The van der Waals surface area contributed by atoms with Crippen LogP contribution < -0.4 is 15.4 Å². The highest BCUT2D eigenvalue weighted by molar-refractivity contribution is 7.85. The standard InChI is InChI=1S/C19H32N4O2S/c1-5-26(24)17-8-6-7-16(11-17)23-19(20-4)22-13-15-9-10-18(21-12-15)25-14(2)3/h9-10,12,14,16-17H,5-8,11,13H2,1-4H3,(H2,20,22,23). The minimum atomic E-state index is -0.712. The smallest absolute Gasteiger partial charge is 0.213 e. The van der Waals surface area contributed by atoms with Crippen molar-refractivity contribution in [2.75, 3.05) is 12.8 Å². The van der Waals surface area contributed by atoms with Crippen molar-refractivity contribution in [2.24, 2.45) is 4.99 Å². The van der Waals surface area contributed by atoms with Gasteiger partial charge in [-0.3, -0.25) is 9.20 Å². The Labute approximate surface area is 159 Å². The number of pyridine rings is 1. The lowest BCUT2D eigenvalue weighted by molar-refractivity contribution is 0.232. The summed E-state index contributed by atoms with van der Waals surface area (Å²) in [6.45, 7) is 6.61. The summed E-state index contributed by atoms with van der Waals surface area (Å²) >= 11 is 0. The Kier molecular flexibility index (Phi) is 8.35. The summed E-state index contributed by atoms with van der Waals surface area (Å²) < 4.78 is 17.7. The first-order valence-electron chi connectivity index (χ1n) is 9.47. The van der Waals surface area contributed by atoms with E-state index >= 15 is 0 Å². The molecule has 1 aromatic rings.